The van der Waals surface area contributed by atoms with E-state index in [0.29, 0.717) is 5.92 Å². The van der Waals surface area contributed by atoms with E-state index in [1.807, 2.05) is 0 Å². The molecule has 0 radical (unpaired) electrons. The first-order valence-electron chi connectivity index (χ1n) is 12.9. The Morgan fingerprint density at radius 3 is 1.94 bits per heavy atom. The number of anilines is 2. The van der Waals surface area contributed by atoms with Crippen molar-refractivity contribution in [1.82, 2.24) is 4.72 Å². The second kappa shape index (κ2) is 10.7. The third-order valence-corrected chi connectivity index (χ3v) is 9.63. The Morgan fingerprint density at radius 2 is 1.38 bits per heavy atom. The molecule has 2 N–H and O–H groups in total. The molecule has 0 bridgehead atoms. The topological polar surface area (TPSA) is 61.4 Å². The molecule has 0 aromatic heterocycles. The average molecular weight is 484 g/mol. The zero-order valence-corrected chi connectivity index (χ0v) is 21.8. The van der Waals surface area contributed by atoms with Crippen LogP contribution in [0.3, 0.4) is 0 Å². The molecular weight excluding hydrogens is 442 g/mol. The molecule has 4 rings (SSSR count). The Balaban J connectivity index is 1.24. The van der Waals surface area contributed by atoms with E-state index in [0.717, 1.165) is 37.9 Å². The van der Waals surface area contributed by atoms with Gasteiger partial charge in [0.25, 0.3) is 0 Å². The summed E-state index contributed by atoms with van der Waals surface area (Å²) in [5, 5.41) is 3.59. The minimum atomic E-state index is -3.27. The van der Waals surface area contributed by atoms with Crippen LogP contribution in [0.15, 0.2) is 48.5 Å². The molecule has 34 heavy (non-hydrogen) atoms. The van der Waals surface area contributed by atoms with E-state index >= 15 is 0 Å². The molecule has 0 amide bonds. The summed E-state index contributed by atoms with van der Waals surface area (Å²) in [5.74, 6) is 0.581. The van der Waals surface area contributed by atoms with E-state index in [1.165, 1.54) is 49.2 Å². The molecule has 2 fully saturated rings. The van der Waals surface area contributed by atoms with Crippen molar-refractivity contribution >= 4 is 21.4 Å². The number of nitrogens with zero attached hydrogens (tertiary/aromatic N) is 1. The highest BCUT2D eigenvalue weighted by Gasteiger charge is 2.32. The molecule has 1 heterocycles. The highest BCUT2D eigenvalue weighted by Crippen LogP contribution is 2.28. The molecule has 1 saturated heterocycles. The highest BCUT2D eigenvalue weighted by molar-refractivity contribution is 7.90. The Labute approximate surface area is 206 Å². The van der Waals surface area contributed by atoms with Gasteiger partial charge >= 0.3 is 0 Å². The van der Waals surface area contributed by atoms with Gasteiger partial charge in [0, 0.05) is 37.1 Å². The average Bonchev–Trinajstić information content (AvgIpc) is 2.84. The van der Waals surface area contributed by atoms with Crippen LogP contribution >= 0.6 is 0 Å². The molecule has 1 saturated carbocycles. The predicted octanol–water partition coefficient (Wildman–Crippen LogP) is 6.03. The molecule has 5 nitrogen and oxygen atoms in total. The minimum absolute atomic E-state index is 0.0704. The van der Waals surface area contributed by atoms with E-state index in [2.05, 4.69) is 63.5 Å². The number of hydrogen-bond donors (Lipinski definition) is 2. The highest BCUT2D eigenvalue weighted by atomic mass is 32.2. The lowest BCUT2D eigenvalue weighted by Gasteiger charge is -2.31. The molecule has 0 unspecified atom stereocenters. The summed E-state index contributed by atoms with van der Waals surface area (Å²) in [6.07, 6.45) is 7.87. The van der Waals surface area contributed by atoms with Crippen LogP contribution in [0.5, 0.6) is 0 Å². The largest absolute Gasteiger partial charge is 0.385 e. The van der Waals surface area contributed by atoms with Crippen LogP contribution in [0.25, 0.3) is 11.1 Å². The summed E-state index contributed by atoms with van der Waals surface area (Å²) < 4.78 is 27.0. The second-order valence-corrected chi connectivity index (χ2v) is 13.5. The number of sulfonamides is 1. The maximum absolute atomic E-state index is 12.4. The van der Waals surface area contributed by atoms with Gasteiger partial charge in [0.1, 0.15) is 0 Å². The van der Waals surface area contributed by atoms with Gasteiger partial charge in [-0.15, -0.1) is 0 Å². The van der Waals surface area contributed by atoms with Crippen LogP contribution in [-0.4, -0.2) is 38.8 Å². The number of hydrogen-bond acceptors (Lipinski definition) is 4. The van der Waals surface area contributed by atoms with Crippen LogP contribution in [-0.2, 0) is 10.0 Å². The zero-order chi connectivity index (χ0) is 24.2. The van der Waals surface area contributed by atoms with Crippen LogP contribution in [0.4, 0.5) is 11.4 Å². The van der Waals surface area contributed by atoms with Crippen molar-refractivity contribution in [1.29, 1.82) is 0 Å². The van der Waals surface area contributed by atoms with E-state index < -0.39 is 14.8 Å². The molecule has 6 heteroatoms. The van der Waals surface area contributed by atoms with Crippen molar-refractivity contribution in [2.45, 2.75) is 76.5 Å². The van der Waals surface area contributed by atoms with Gasteiger partial charge in [0.2, 0.25) is 10.0 Å². The molecule has 0 atom stereocenters. The summed E-state index contributed by atoms with van der Waals surface area (Å²) in [7, 11) is -3.27. The van der Waals surface area contributed by atoms with Crippen LogP contribution in [0.2, 0.25) is 0 Å². The van der Waals surface area contributed by atoms with Crippen molar-refractivity contribution < 1.29 is 8.42 Å². The Kier molecular flexibility index (Phi) is 7.88. The summed E-state index contributed by atoms with van der Waals surface area (Å²) in [6.45, 7) is 8.53. The van der Waals surface area contributed by atoms with Gasteiger partial charge < -0.3 is 10.2 Å². The van der Waals surface area contributed by atoms with Crippen molar-refractivity contribution in [2.24, 2.45) is 5.92 Å². The molecule has 2 aromatic carbocycles. The van der Waals surface area contributed by atoms with Gasteiger partial charge in [-0.1, -0.05) is 24.3 Å². The third-order valence-electron chi connectivity index (χ3n) is 7.38. The smallest absolute Gasteiger partial charge is 0.216 e. The van der Waals surface area contributed by atoms with Crippen molar-refractivity contribution in [3.8, 4) is 11.1 Å². The van der Waals surface area contributed by atoms with Crippen molar-refractivity contribution in [3.63, 3.8) is 0 Å². The summed E-state index contributed by atoms with van der Waals surface area (Å²) in [6, 6.07) is 17.8. The van der Waals surface area contributed by atoms with Gasteiger partial charge in [-0.2, -0.15) is 0 Å². The van der Waals surface area contributed by atoms with E-state index in [1.54, 1.807) is 20.8 Å². The number of nitrogens with one attached hydrogen (secondary N) is 2. The molecule has 1 aliphatic heterocycles. The number of piperidine rings is 1. The first kappa shape index (κ1) is 25.1. The summed E-state index contributed by atoms with van der Waals surface area (Å²) >= 11 is 0. The SMILES string of the molecule is CC(C)(C)S(=O)(=O)NC1CCC(CNc2ccc(-c3ccc(N4CCCCC4)cc3)cc2)CC1. The molecular formula is C28H41N3O2S. The third kappa shape index (κ3) is 6.33. The maximum Gasteiger partial charge on any atom is 0.216 e. The van der Waals surface area contributed by atoms with Crippen molar-refractivity contribution in [2.75, 3.05) is 29.9 Å². The monoisotopic (exact) mass is 483 g/mol. The quantitative estimate of drug-likeness (QED) is 0.505. The maximum atomic E-state index is 12.4. The van der Waals surface area contributed by atoms with Gasteiger partial charge in [0.15, 0.2) is 0 Å². The fourth-order valence-electron chi connectivity index (χ4n) is 4.94. The second-order valence-electron chi connectivity index (χ2n) is 11.0. The van der Waals surface area contributed by atoms with Gasteiger partial charge in [0.05, 0.1) is 4.75 Å². The minimum Gasteiger partial charge on any atom is -0.385 e. The molecule has 1 aliphatic carbocycles. The molecule has 2 aliphatic rings. The first-order valence-corrected chi connectivity index (χ1v) is 14.4. The summed E-state index contributed by atoms with van der Waals surface area (Å²) in [4.78, 5) is 2.49. The fraction of sp³-hybridized carbons (Fsp3) is 0.571. The van der Waals surface area contributed by atoms with Gasteiger partial charge in [-0.25, -0.2) is 13.1 Å². The van der Waals surface area contributed by atoms with E-state index in [4.69, 9.17) is 0 Å². The number of rotatable bonds is 7. The molecule has 186 valence electrons. The van der Waals surface area contributed by atoms with E-state index in [9.17, 15) is 8.42 Å². The molecule has 2 aromatic rings. The lowest BCUT2D eigenvalue weighted by atomic mass is 9.86. The van der Waals surface area contributed by atoms with E-state index in [-0.39, 0.29) is 6.04 Å². The van der Waals surface area contributed by atoms with Crippen molar-refractivity contribution in [3.05, 3.63) is 48.5 Å². The lowest BCUT2D eigenvalue weighted by Crippen LogP contribution is -2.46. The fourth-order valence-corrected chi connectivity index (χ4v) is 5.97. The summed E-state index contributed by atoms with van der Waals surface area (Å²) in [5.41, 5.74) is 4.97. The molecule has 0 spiro atoms. The Hall–Kier alpha value is -2.05. The van der Waals surface area contributed by atoms with Gasteiger partial charge in [-0.3, -0.25) is 0 Å². The lowest BCUT2D eigenvalue weighted by molar-refractivity contribution is 0.322. The van der Waals surface area contributed by atoms with Gasteiger partial charge in [-0.05, 0) is 107 Å². The van der Waals surface area contributed by atoms with Crippen LogP contribution in [0.1, 0.15) is 65.7 Å². The van der Waals surface area contributed by atoms with Crippen LogP contribution in [0, 0.1) is 5.92 Å². The number of benzene rings is 2. The standard InChI is InChI=1S/C28H41N3O2S/c1-28(2,3)34(32,33)30-26-13-7-22(8-14-26)21-29-25-15-9-23(10-16-25)24-11-17-27(18-12-24)31-19-5-4-6-20-31/h9-12,15-18,22,26,29-30H,4-8,13-14,19-21H2,1-3H3. The predicted molar refractivity (Wildman–Crippen MR) is 144 cm³/mol. The zero-order valence-electron chi connectivity index (χ0n) is 21.0. The Morgan fingerprint density at radius 1 is 0.824 bits per heavy atom. The van der Waals surface area contributed by atoms with Crippen LogP contribution < -0.4 is 14.9 Å². The Bertz CT molecular complexity index is 1010. The normalized spacial score (nSPS) is 21.9. The first-order chi connectivity index (χ1) is 16.2.